The molecule has 1 aromatic carbocycles. The molecule has 3 aromatic heterocycles. The van der Waals surface area contributed by atoms with Crippen LogP contribution in [0.2, 0.25) is 0 Å². The van der Waals surface area contributed by atoms with Crippen LogP contribution in [0.15, 0.2) is 58.7 Å². The minimum absolute atomic E-state index is 0.0692. The van der Waals surface area contributed by atoms with Gasteiger partial charge in [-0.05, 0) is 23.6 Å². The van der Waals surface area contributed by atoms with Gasteiger partial charge in [0, 0.05) is 0 Å². The number of benzene rings is 1. The molecule has 0 atom stereocenters. The van der Waals surface area contributed by atoms with Gasteiger partial charge in [0.05, 0.1) is 34.6 Å². The fourth-order valence-electron chi connectivity index (χ4n) is 2.56. The number of nitrogens with zero attached hydrogens (tertiary/aromatic N) is 4. The number of aromatic nitrogens is 4. The predicted molar refractivity (Wildman–Crippen MR) is 97.3 cm³/mol. The molecular weight excluding hydrogens is 407 g/mol. The van der Waals surface area contributed by atoms with Gasteiger partial charge in [0.1, 0.15) is 6.26 Å². The molecule has 4 aromatic rings. The second-order valence-electron chi connectivity index (χ2n) is 5.87. The Bertz CT molecular complexity index is 1130. The monoisotopic (exact) mass is 419 g/mol. The summed E-state index contributed by atoms with van der Waals surface area (Å²) in [6.07, 6.45) is -2.00. The van der Waals surface area contributed by atoms with E-state index in [1.807, 2.05) is 17.5 Å². The quantitative estimate of drug-likeness (QED) is 0.530. The van der Waals surface area contributed by atoms with E-state index < -0.39 is 17.6 Å². The lowest BCUT2D eigenvalue weighted by Gasteiger charge is -2.11. The molecule has 148 valence electrons. The van der Waals surface area contributed by atoms with E-state index in [1.165, 1.54) is 35.8 Å². The van der Waals surface area contributed by atoms with E-state index in [-0.39, 0.29) is 17.9 Å². The Labute approximate surface area is 165 Å². The van der Waals surface area contributed by atoms with Gasteiger partial charge in [0.25, 0.3) is 5.91 Å². The molecule has 7 nitrogen and oxygen atoms in total. The highest BCUT2D eigenvalue weighted by molar-refractivity contribution is 7.13. The van der Waals surface area contributed by atoms with Gasteiger partial charge in [-0.1, -0.05) is 23.4 Å². The van der Waals surface area contributed by atoms with Gasteiger partial charge in [-0.25, -0.2) is 9.67 Å². The maximum Gasteiger partial charge on any atom is 0.418 e. The third-order valence-corrected chi connectivity index (χ3v) is 4.75. The van der Waals surface area contributed by atoms with Crippen molar-refractivity contribution in [3.05, 3.63) is 71.2 Å². The number of thiophene rings is 1. The second-order valence-corrected chi connectivity index (χ2v) is 6.81. The van der Waals surface area contributed by atoms with Crippen LogP contribution in [0.25, 0.3) is 16.5 Å². The van der Waals surface area contributed by atoms with Gasteiger partial charge >= 0.3 is 6.18 Å². The first-order valence-corrected chi connectivity index (χ1v) is 9.15. The number of carbonyl (C=O) groups is 1. The molecule has 0 spiro atoms. The van der Waals surface area contributed by atoms with Crippen molar-refractivity contribution in [2.45, 2.75) is 12.7 Å². The van der Waals surface area contributed by atoms with E-state index in [0.717, 1.165) is 21.8 Å². The number of carbonyl (C=O) groups excluding carboxylic acids is 1. The Balaban J connectivity index is 1.46. The van der Waals surface area contributed by atoms with Gasteiger partial charge in [-0.15, -0.1) is 16.4 Å². The Morgan fingerprint density at radius 1 is 1.21 bits per heavy atom. The molecule has 0 aliphatic rings. The van der Waals surface area contributed by atoms with Crippen LogP contribution in [0.1, 0.15) is 21.7 Å². The number of hydrogen-bond donors (Lipinski definition) is 1. The number of oxazole rings is 1. The predicted octanol–water partition coefficient (Wildman–Crippen LogP) is 3.93. The molecule has 1 amide bonds. The van der Waals surface area contributed by atoms with Crippen LogP contribution in [0.3, 0.4) is 0 Å². The number of halogens is 3. The van der Waals surface area contributed by atoms with Gasteiger partial charge in [0.15, 0.2) is 5.69 Å². The lowest BCUT2D eigenvalue weighted by atomic mass is 10.1. The van der Waals surface area contributed by atoms with Gasteiger partial charge in [0.2, 0.25) is 5.89 Å². The average Bonchev–Trinajstić information content (AvgIpc) is 3.46. The Morgan fingerprint density at radius 3 is 2.79 bits per heavy atom. The first-order chi connectivity index (χ1) is 13.9. The molecule has 0 aliphatic heterocycles. The number of para-hydroxylation sites is 1. The zero-order valence-electron chi connectivity index (χ0n) is 14.6. The fourth-order valence-corrected chi connectivity index (χ4v) is 3.22. The van der Waals surface area contributed by atoms with E-state index in [0.29, 0.717) is 11.6 Å². The Kier molecular flexibility index (Phi) is 4.89. The zero-order chi connectivity index (χ0) is 20.4. The Hall–Kier alpha value is -3.47. The first kappa shape index (κ1) is 18.9. The molecular formula is C18H12F3N5O2S. The highest BCUT2D eigenvalue weighted by Crippen LogP contribution is 2.33. The lowest BCUT2D eigenvalue weighted by Crippen LogP contribution is -2.23. The molecule has 0 radical (unpaired) electrons. The summed E-state index contributed by atoms with van der Waals surface area (Å²) >= 11 is 1.47. The van der Waals surface area contributed by atoms with E-state index in [2.05, 4.69) is 20.6 Å². The third-order valence-electron chi connectivity index (χ3n) is 3.90. The molecule has 3 heterocycles. The van der Waals surface area contributed by atoms with Crippen LogP contribution in [0.4, 0.5) is 13.2 Å². The maximum absolute atomic E-state index is 13.2. The molecule has 29 heavy (non-hydrogen) atoms. The number of hydrogen-bond acceptors (Lipinski definition) is 6. The zero-order valence-corrected chi connectivity index (χ0v) is 15.4. The van der Waals surface area contributed by atoms with Crippen molar-refractivity contribution in [2.24, 2.45) is 0 Å². The lowest BCUT2D eigenvalue weighted by molar-refractivity contribution is -0.137. The molecule has 11 heteroatoms. The third kappa shape index (κ3) is 4.04. The summed E-state index contributed by atoms with van der Waals surface area (Å²) < 4.78 is 45.8. The van der Waals surface area contributed by atoms with Crippen LogP contribution in [0, 0.1) is 0 Å². The summed E-state index contributed by atoms with van der Waals surface area (Å²) in [5.41, 5.74) is -0.718. The van der Waals surface area contributed by atoms with Gasteiger partial charge in [-0.2, -0.15) is 13.2 Å². The summed E-state index contributed by atoms with van der Waals surface area (Å²) in [5.74, 6) is -0.152. The molecule has 1 N–H and O–H groups in total. The van der Waals surface area contributed by atoms with E-state index in [4.69, 9.17) is 4.42 Å². The number of nitrogens with one attached hydrogen (secondary N) is 1. The molecule has 0 saturated carbocycles. The normalized spacial score (nSPS) is 11.6. The van der Waals surface area contributed by atoms with E-state index in [9.17, 15) is 18.0 Å². The highest BCUT2D eigenvalue weighted by Gasteiger charge is 2.34. The average molecular weight is 419 g/mol. The Morgan fingerprint density at radius 2 is 2.03 bits per heavy atom. The molecule has 0 unspecified atom stereocenters. The van der Waals surface area contributed by atoms with Crippen molar-refractivity contribution in [1.82, 2.24) is 25.3 Å². The molecule has 0 bridgehead atoms. The topological polar surface area (TPSA) is 85.8 Å². The first-order valence-electron chi connectivity index (χ1n) is 8.27. The molecule has 0 saturated heterocycles. The highest BCUT2D eigenvalue weighted by atomic mass is 32.1. The van der Waals surface area contributed by atoms with Crippen LogP contribution in [0.5, 0.6) is 0 Å². The summed E-state index contributed by atoms with van der Waals surface area (Å²) in [4.78, 5) is 17.4. The van der Waals surface area contributed by atoms with Gasteiger partial charge < -0.3 is 9.73 Å². The van der Waals surface area contributed by atoms with Crippen molar-refractivity contribution in [2.75, 3.05) is 0 Å². The van der Waals surface area contributed by atoms with Crippen molar-refractivity contribution in [3.8, 4) is 16.5 Å². The minimum Gasteiger partial charge on any atom is -0.443 e. The number of alkyl halides is 3. The standard InChI is InChI=1S/C18H12F3N5O2S/c19-18(20,21)12-4-1-2-5-14(12)26-9-13(24-25-26)16(27)22-8-11-10-28-17(23-11)15-6-3-7-29-15/h1-7,9-10H,8H2,(H,22,27). The summed E-state index contributed by atoms with van der Waals surface area (Å²) in [5, 5.41) is 11.8. The fraction of sp³-hybridized carbons (Fsp3) is 0.111. The second kappa shape index (κ2) is 7.51. The van der Waals surface area contributed by atoms with Crippen molar-refractivity contribution >= 4 is 17.2 Å². The van der Waals surface area contributed by atoms with Crippen LogP contribution in [-0.2, 0) is 12.7 Å². The van der Waals surface area contributed by atoms with Crippen LogP contribution >= 0.6 is 11.3 Å². The summed E-state index contributed by atoms with van der Waals surface area (Å²) in [6, 6.07) is 8.63. The molecule has 4 rings (SSSR count). The van der Waals surface area contributed by atoms with Crippen molar-refractivity contribution in [1.29, 1.82) is 0 Å². The summed E-state index contributed by atoms with van der Waals surface area (Å²) in [7, 11) is 0. The van der Waals surface area contributed by atoms with Crippen LogP contribution in [-0.4, -0.2) is 25.9 Å². The molecule has 0 aliphatic carbocycles. The van der Waals surface area contributed by atoms with Gasteiger partial charge in [-0.3, -0.25) is 4.79 Å². The largest absolute Gasteiger partial charge is 0.443 e. The number of amides is 1. The summed E-state index contributed by atoms with van der Waals surface area (Å²) in [6.45, 7) is 0.0692. The maximum atomic E-state index is 13.2. The van der Waals surface area contributed by atoms with Crippen LogP contribution < -0.4 is 5.32 Å². The van der Waals surface area contributed by atoms with E-state index in [1.54, 1.807) is 0 Å². The van der Waals surface area contributed by atoms with Crippen molar-refractivity contribution < 1.29 is 22.4 Å². The SMILES string of the molecule is O=C(NCc1coc(-c2cccs2)n1)c1cn(-c2ccccc2C(F)(F)F)nn1. The molecule has 0 fully saturated rings. The van der Waals surface area contributed by atoms with E-state index >= 15 is 0 Å². The van der Waals surface area contributed by atoms with Crippen molar-refractivity contribution in [3.63, 3.8) is 0 Å². The smallest absolute Gasteiger partial charge is 0.418 e. The minimum atomic E-state index is -4.56. The number of rotatable bonds is 5.